The Morgan fingerprint density at radius 1 is 1.00 bits per heavy atom. The van der Waals surface area contributed by atoms with Crippen LogP contribution in [0.25, 0.3) is 5.69 Å². The summed E-state index contributed by atoms with van der Waals surface area (Å²) in [5, 5.41) is 14.5. The number of amides is 2. The maximum absolute atomic E-state index is 13.4. The maximum Gasteiger partial charge on any atom is 0.251 e. The van der Waals surface area contributed by atoms with Crippen LogP contribution >= 0.6 is 11.8 Å². The van der Waals surface area contributed by atoms with Crippen LogP contribution in [0.5, 0.6) is 5.75 Å². The third-order valence-electron chi connectivity index (χ3n) is 4.91. The first-order valence-corrected chi connectivity index (χ1v) is 11.6. The highest BCUT2D eigenvalue weighted by Crippen LogP contribution is 2.22. The number of rotatable bonds is 9. The van der Waals surface area contributed by atoms with Gasteiger partial charge in [-0.25, -0.2) is 4.39 Å². The standard InChI is InChI=1S/C25H22FN5O3S/c1-34-21-12-10-17(11-13-21)24(33)27-15-22-29-30-25(31(22)20-8-3-2-4-9-20)35-16-23(32)28-19-7-5-6-18(26)14-19/h2-14H,15-16H2,1H3,(H,27,33)(H,28,32). The van der Waals surface area contributed by atoms with Crippen molar-refractivity contribution in [3.05, 3.63) is 96.1 Å². The van der Waals surface area contributed by atoms with Crippen LogP contribution in [0.3, 0.4) is 0 Å². The molecule has 0 saturated carbocycles. The lowest BCUT2D eigenvalue weighted by atomic mass is 10.2. The lowest BCUT2D eigenvalue weighted by molar-refractivity contribution is -0.113. The van der Waals surface area contributed by atoms with E-state index < -0.39 is 5.82 Å². The number of hydrogen-bond acceptors (Lipinski definition) is 6. The van der Waals surface area contributed by atoms with E-state index in [1.54, 1.807) is 42.0 Å². The molecule has 0 atom stereocenters. The summed E-state index contributed by atoms with van der Waals surface area (Å²) >= 11 is 1.19. The van der Waals surface area contributed by atoms with Crippen LogP contribution in [0, 0.1) is 5.82 Å². The zero-order valence-electron chi connectivity index (χ0n) is 18.8. The zero-order chi connectivity index (χ0) is 24.6. The summed E-state index contributed by atoms with van der Waals surface area (Å²) in [5.74, 6) is 0.205. The van der Waals surface area contributed by atoms with Crippen molar-refractivity contribution in [1.29, 1.82) is 0 Å². The summed E-state index contributed by atoms with van der Waals surface area (Å²) in [5.41, 5.74) is 1.65. The van der Waals surface area contributed by atoms with Crippen LogP contribution in [0.2, 0.25) is 0 Å². The molecular weight excluding hydrogens is 469 g/mol. The highest BCUT2D eigenvalue weighted by Gasteiger charge is 2.17. The Morgan fingerprint density at radius 3 is 2.49 bits per heavy atom. The Kier molecular flexibility index (Phi) is 7.74. The van der Waals surface area contributed by atoms with E-state index in [0.717, 1.165) is 5.69 Å². The van der Waals surface area contributed by atoms with Crippen LogP contribution in [-0.2, 0) is 11.3 Å². The second kappa shape index (κ2) is 11.3. The molecule has 0 aliphatic heterocycles. The van der Waals surface area contributed by atoms with Crippen molar-refractivity contribution in [2.24, 2.45) is 0 Å². The average Bonchev–Trinajstić information content (AvgIpc) is 3.29. The fraction of sp³-hybridized carbons (Fsp3) is 0.120. The van der Waals surface area contributed by atoms with Gasteiger partial charge in [0.25, 0.3) is 5.91 Å². The van der Waals surface area contributed by atoms with Gasteiger partial charge in [-0.2, -0.15) is 0 Å². The molecule has 0 spiro atoms. The fourth-order valence-corrected chi connectivity index (χ4v) is 4.01. The summed E-state index contributed by atoms with van der Waals surface area (Å²) in [6.45, 7) is 0.128. The van der Waals surface area contributed by atoms with Crippen LogP contribution in [-0.4, -0.2) is 39.4 Å². The number of aromatic nitrogens is 3. The Hall–Kier alpha value is -4.18. The maximum atomic E-state index is 13.4. The molecule has 10 heteroatoms. The summed E-state index contributed by atoms with van der Waals surface area (Å²) in [7, 11) is 1.56. The van der Waals surface area contributed by atoms with Gasteiger partial charge in [0.2, 0.25) is 5.91 Å². The van der Waals surface area contributed by atoms with Gasteiger partial charge in [-0.3, -0.25) is 14.2 Å². The number of benzene rings is 3. The van der Waals surface area contributed by atoms with Gasteiger partial charge in [0.1, 0.15) is 11.6 Å². The third-order valence-corrected chi connectivity index (χ3v) is 5.84. The van der Waals surface area contributed by atoms with E-state index in [1.165, 1.54) is 30.0 Å². The minimum Gasteiger partial charge on any atom is -0.497 e. The number of ether oxygens (including phenoxy) is 1. The predicted octanol–water partition coefficient (Wildman–Crippen LogP) is 4.08. The van der Waals surface area contributed by atoms with Gasteiger partial charge in [-0.1, -0.05) is 36.0 Å². The van der Waals surface area contributed by atoms with Crippen molar-refractivity contribution >= 4 is 29.3 Å². The number of anilines is 1. The van der Waals surface area contributed by atoms with Crippen LogP contribution < -0.4 is 15.4 Å². The predicted molar refractivity (Wildman–Crippen MR) is 131 cm³/mol. The zero-order valence-corrected chi connectivity index (χ0v) is 19.6. The molecule has 0 unspecified atom stereocenters. The molecule has 2 amide bonds. The van der Waals surface area contributed by atoms with E-state index in [1.807, 2.05) is 30.3 Å². The molecule has 0 bridgehead atoms. The van der Waals surface area contributed by atoms with Crippen molar-refractivity contribution in [3.63, 3.8) is 0 Å². The van der Waals surface area contributed by atoms with Gasteiger partial charge >= 0.3 is 0 Å². The molecule has 178 valence electrons. The van der Waals surface area contributed by atoms with E-state index in [-0.39, 0.29) is 24.1 Å². The first-order valence-electron chi connectivity index (χ1n) is 10.6. The highest BCUT2D eigenvalue weighted by atomic mass is 32.2. The van der Waals surface area contributed by atoms with Gasteiger partial charge in [-0.15, -0.1) is 10.2 Å². The van der Waals surface area contributed by atoms with E-state index in [2.05, 4.69) is 20.8 Å². The SMILES string of the molecule is COc1ccc(C(=O)NCc2nnc(SCC(=O)Nc3cccc(F)c3)n2-c2ccccc2)cc1. The Morgan fingerprint density at radius 2 is 1.77 bits per heavy atom. The van der Waals surface area contributed by atoms with Crippen LogP contribution in [0.15, 0.2) is 84.0 Å². The van der Waals surface area contributed by atoms with Gasteiger partial charge in [-0.05, 0) is 54.6 Å². The lowest BCUT2D eigenvalue weighted by Crippen LogP contribution is -2.24. The molecule has 3 aromatic carbocycles. The van der Waals surface area contributed by atoms with Crippen molar-refractivity contribution in [1.82, 2.24) is 20.1 Å². The average molecular weight is 492 g/mol. The largest absolute Gasteiger partial charge is 0.497 e. The number of halogens is 1. The van der Waals surface area contributed by atoms with Gasteiger partial charge in [0, 0.05) is 16.9 Å². The summed E-state index contributed by atoms with van der Waals surface area (Å²) in [6.07, 6.45) is 0. The second-order valence-corrected chi connectivity index (χ2v) is 8.27. The Bertz CT molecular complexity index is 1310. The monoisotopic (exact) mass is 491 g/mol. The first kappa shape index (κ1) is 24.0. The fourth-order valence-electron chi connectivity index (χ4n) is 3.24. The first-order chi connectivity index (χ1) is 17.0. The van der Waals surface area contributed by atoms with E-state index in [4.69, 9.17) is 4.74 Å². The third kappa shape index (κ3) is 6.24. The molecule has 35 heavy (non-hydrogen) atoms. The highest BCUT2D eigenvalue weighted by molar-refractivity contribution is 7.99. The van der Waals surface area contributed by atoms with Gasteiger partial charge in [0.05, 0.1) is 19.4 Å². The lowest BCUT2D eigenvalue weighted by Gasteiger charge is -2.11. The minimum atomic E-state index is -0.430. The molecule has 4 aromatic rings. The van der Waals surface area contributed by atoms with Crippen LogP contribution in [0.4, 0.5) is 10.1 Å². The molecular formula is C25H22FN5O3S. The second-order valence-electron chi connectivity index (χ2n) is 7.33. The number of hydrogen-bond donors (Lipinski definition) is 2. The molecule has 2 N–H and O–H groups in total. The van der Waals surface area contributed by atoms with Gasteiger partial charge in [0.15, 0.2) is 11.0 Å². The number of methoxy groups -OCH3 is 1. The number of nitrogens with one attached hydrogen (secondary N) is 2. The van der Waals surface area contributed by atoms with E-state index in [0.29, 0.717) is 28.0 Å². The Balaban J connectivity index is 1.46. The smallest absolute Gasteiger partial charge is 0.251 e. The van der Waals surface area contributed by atoms with Crippen molar-refractivity contribution < 1.29 is 18.7 Å². The normalized spacial score (nSPS) is 10.6. The van der Waals surface area contributed by atoms with Crippen molar-refractivity contribution in [3.8, 4) is 11.4 Å². The van der Waals surface area contributed by atoms with Crippen molar-refractivity contribution in [2.75, 3.05) is 18.2 Å². The van der Waals surface area contributed by atoms with E-state index in [9.17, 15) is 14.0 Å². The molecule has 0 fully saturated rings. The molecule has 0 aliphatic carbocycles. The number of carbonyl (C=O) groups excluding carboxylic acids is 2. The minimum absolute atomic E-state index is 0.0414. The topological polar surface area (TPSA) is 98.1 Å². The molecule has 4 rings (SSSR count). The van der Waals surface area contributed by atoms with E-state index >= 15 is 0 Å². The molecule has 0 aliphatic rings. The number of nitrogens with zero attached hydrogens (tertiary/aromatic N) is 3. The molecule has 0 radical (unpaired) electrons. The van der Waals surface area contributed by atoms with Crippen molar-refractivity contribution in [2.45, 2.75) is 11.7 Å². The quantitative estimate of drug-likeness (QED) is 0.343. The van der Waals surface area contributed by atoms with Gasteiger partial charge < -0.3 is 15.4 Å². The number of carbonyl (C=O) groups is 2. The molecule has 1 heterocycles. The molecule has 1 aromatic heterocycles. The Labute approximate surface area is 205 Å². The van der Waals surface area contributed by atoms with Crippen LogP contribution in [0.1, 0.15) is 16.2 Å². The molecule has 8 nitrogen and oxygen atoms in total. The summed E-state index contributed by atoms with van der Waals surface area (Å²) < 4.78 is 20.3. The number of thioether (sulfide) groups is 1. The molecule has 0 saturated heterocycles. The number of para-hydroxylation sites is 1. The summed E-state index contributed by atoms with van der Waals surface area (Å²) in [4.78, 5) is 25.0. The summed E-state index contributed by atoms with van der Waals surface area (Å²) in [6, 6.07) is 21.9.